The zero-order valence-corrected chi connectivity index (χ0v) is 11.1. The van der Waals surface area contributed by atoms with Crippen LogP contribution in [0.3, 0.4) is 0 Å². The van der Waals surface area contributed by atoms with Crippen LogP contribution in [0.1, 0.15) is 11.3 Å². The number of hydrogen-bond acceptors (Lipinski definition) is 4. The maximum absolute atomic E-state index is 10.4. The van der Waals surface area contributed by atoms with Crippen LogP contribution in [0.4, 0.5) is 5.88 Å². The van der Waals surface area contributed by atoms with Gasteiger partial charge in [0.25, 0.3) is 0 Å². The molecule has 0 N–H and O–H groups in total. The second-order valence-electron chi connectivity index (χ2n) is 3.70. The van der Waals surface area contributed by atoms with Crippen molar-refractivity contribution in [2.24, 2.45) is 0 Å². The van der Waals surface area contributed by atoms with Gasteiger partial charge in [0, 0.05) is 4.47 Å². The Morgan fingerprint density at radius 1 is 1.39 bits per heavy atom. The number of furan rings is 1. The van der Waals surface area contributed by atoms with Crippen LogP contribution in [0, 0.1) is 17.0 Å². The molecule has 0 saturated heterocycles. The largest absolute Gasteiger partial charge is 0.485 e. The van der Waals surface area contributed by atoms with E-state index in [1.54, 1.807) is 0 Å². The molecule has 0 bridgehead atoms. The molecule has 0 atom stereocenters. The van der Waals surface area contributed by atoms with Gasteiger partial charge in [0.1, 0.15) is 23.0 Å². The van der Waals surface area contributed by atoms with Gasteiger partial charge >= 0.3 is 5.88 Å². The molecule has 0 unspecified atom stereocenters. The van der Waals surface area contributed by atoms with E-state index in [1.807, 2.05) is 25.1 Å². The Bertz CT molecular complexity index is 579. The first kappa shape index (κ1) is 12.6. The first-order valence-corrected chi connectivity index (χ1v) is 5.97. The number of nitrogens with zero attached hydrogens (tertiary/aromatic N) is 1. The molecule has 0 spiro atoms. The maximum atomic E-state index is 10.4. The molecule has 0 saturated carbocycles. The first-order valence-electron chi connectivity index (χ1n) is 5.18. The van der Waals surface area contributed by atoms with Gasteiger partial charge in [0.05, 0.1) is 6.07 Å². The van der Waals surface area contributed by atoms with Crippen molar-refractivity contribution in [3.05, 3.63) is 56.2 Å². The minimum absolute atomic E-state index is 0.163. The second kappa shape index (κ2) is 5.22. The zero-order chi connectivity index (χ0) is 13.1. The molecule has 0 fully saturated rings. The lowest BCUT2D eigenvalue weighted by molar-refractivity contribution is -0.402. The molecule has 1 aromatic heterocycles. The van der Waals surface area contributed by atoms with Gasteiger partial charge in [-0.1, -0.05) is 15.9 Å². The molecule has 0 amide bonds. The van der Waals surface area contributed by atoms with E-state index in [2.05, 4.69) is 15.9 Å². The third-order valence-corrected chi connectivity index (χ3v) is 2.83. The fourth-order valence-corrected chi connectivity index (χ4v) is 1.94. The number of aryl methyl sites for hydroxylation is 1. The molecule has 1 heterocycles. The lowest BCUT2D eigenvalue weighted by Crippen LogP contribution is -1.95. The molecule has 0 aliphatic heterocycles. The van der Waals surface area contributed by atoms with Gasteiger partial charge in [-0.25, -0.2) is 0 Å². The third-order valence-electron chi connectivity index (χ3n) is 2.33. The summed E-state index contributed by atoms with van der Waals surface area (Å²) in [7, 11) is 0. The highest BCUT2D eigenvalue weighted by molar-refractivity contribution is 9.10. The van der Waals surface area contributed by atoms with Gasteiger partial charge in [-0.05, 0) is 36.8 Å². The average molecular weight is 312 g/mol. The van der Waals surface area contributed by atoms with Crippen LogP contribution in [-0.4, -0.2) is 4.92 Å². The quantitative estimate of drug-likeness (QED) is 0.635. The van der Waals surface area contributed by atoms with E-state index in [4.69, 9.17) is 9.15 Å². The predicted octanol–water partition coefficient (Wildman–Crippen LogP) is 3.84. The van der Waals surface area contributed by atoms with E-state index in [0.717, 1.165) is 15.8 Å². The highest BCUT2D eigenvalue weighted by atomic mass is 79.9. The van der Waals surface area contributed by atoms with Crippen molar-refractivity contribution in [2.75, 3.05) is 0 Å². The molecular weight excluding hydrogens is 302 g/mol. The molecule has 0 aliphatic carbocycles. The Kier molecular flexibility index (Phi) is 3.66. The fraction of sp³-hybridized carbons (Fsp3) is 0.167. The normalized spacial score (nSPS) is 10.3. The minimum atomic E-state index is -0.575. The summed E-state index contributed by atoms with van der Waals surface area (Å²) in [6.45, 7) is 2.08. The predicted molar refractivity (Wildman–Crippen MR) is 68.6 cm³/mol. The number of halogens is 1. The van der Waals surface area contributed by atoms with Crippen LogP contribution in [0.5, 0.6) is 5.75 Å². The van der Waals surface area contributed by atoms with Gasteiger partial charge in [0.2, 0.25) is 0 Å². The number of nitro groups is 1. The summed E-state index contributed by atoms with van der Waals surface area (Å²) in [5.74, 6) is 0.863. The van der Waals surface area contributed by atoms with Crippen molar-refractivity contribution < 1.29 is 14.1 Å². The van der Waals surface area contributed by atoms with Crippen LogP contribution in [0.2, 0.25) is 0 Å². The van der Waals surface area contributed by atoms with Crippen LogP contribution >= 0.6 is 15.9 Å². The van der Waals surface area contributed by atoms with Gasteiger partial charge in [-0.2, -0.15) is 0 Å². The van der Waals surface area contributed by atoms with Gasteiger partial charge in [-0.3, -0.25) is 10.1 Å². The van der Waals surface area contributed by atoms with Gasteiger partial charge in [0.15, 0.2) is 0 Å². The average Bonchev–Trinajstić information content (AvgIpc) is 2.76. The van der Waals surface area contributed by atoms with Crippen molar-refractivity contribution in [2.45, 2.75) is 13.5 Å². The molecular formula is C12H10BrNO4. The second-order valence-corrected chi connectivity index (χ2v) is 4.61. The summed E-state index contributed by atoms with van der Waals surface area (Å²) >= 11 is 3.36. The van der Waals surface area contributed by atoms with E-state index < -0.39 is 4.92 Å². The number of benzene rings is 1. The SMILES string of the molecule is Cc1cc(Br)ccc1OCc1ccc([N+](=O)[O-])o1. The topological polar surface area (TPSA) is 65.5 Å². The van der Waals surface area contributed by atoms with Gasteiger partial charge < -0.3 is 9.15 Å². The van der Waals surface area contributed by atoms with E-state index in [1.165, 1.54) is 12.1 Å². The summed E-state index contributed by atoms with van der Waals surface area (Å²) in [4.78, 5) is 9.87. The Morgan fingerprint density at radius 2 is 2.17 bits per heavy atom. The van der Waals surface area contributed by atoms with Crippen molar-refractivity contribution in [1.29, 1.82) is 0 Å². The van der Waals surface area contributed by atoms with Crippen LogP contribution in [0.25, 0.3) is 0 Å². The summed E-state index contributed by atoms with van der Waals surface area (Å²) in [5, 5.41) is 10.4. The molecule has 5 nitrogen and oxygen atoms in total. The number of hydrogen-bond donors (Lipinski definition) is 0. The summed E-state index contributed by atoms with van der Waals surface area (Å²) in [6, 6.07) is 8.48. The molecule has 2 aromatic rings. The molecule has 0 aliphatic rings. The molecule has 94 valence electrons. The lowest BCUT2D eigenvalue weighted by Gasteiger charge is -2.07. The van der Waals surface area contributed by atoms with Crippen molar-refractivity contribution in [1.82, 2.24) is 0 Å². The molecule has 2 rings (SSSR count). The van der Waals surface area contributed by atoms with Gasteiger partial charge in [-0.15, -0.1) is 0 Å². The Balaban J connectivity index is 2.04. The number of rotatable bonds is 4. The van der Waals surface area contributed by atoms with Crippen LogP contribution < -0.4 is 4.74 Å². The van der Waals surface area contributed by atoms with Crippen LogP contribution in [0.15, 0.2) is 39.2 Å². The molecule has 1 aromatic carbocycles. The van der Waals surface area contributed by atoms with Crippen molar-refractivity contribution >= 4 is 21.8 Å². The zero-order valence-electron chi connectivity index (χ0n) is 9.55. The molecule has 18 heavy (non-hydrogen) atoms. The summed E-state index contributed by atoms with van der Waals surface area (Å²) in [6.07, 6.45) is 0. The van der Waals surface area contributed by atoms with E-state index in [0.29, 0.717) is 5.76 Å². The fourth-order valence-electron chi connectivity index (χ4n) is 1.47. The van der Waals surface area contributed by atoms with E-state index in [9.17, 15) is 10.1 Å². The van der Waals surface area contributed by atoms with E-state index >= 15 is 0 Å². The summed E-state index contributed by atoms with van der Waals surface area (Å²) in [5.41, 5.74) is 0.977. The van der Waals surface area contributed by atoms with Crippen molar-refractivity contribution in [3.8, 4) is 5.75 Å². The van der Waals surface area contributed by atoms with Crippen LogP contribution in [-0.2, 0) is 6.61 Å². The third kappa shape index (κ3) is 2.89. The maximum Gasteiger partial charge on any atom is 0.433 e. The Labute approximate surface area is 112 Å². The lowest BCUT2D eigenvalue weighted by atomic mass is 10.2. The Morgan fingerprint density at radius 3 is 2.78 bits per heavy atom. The van der Waals surface area contributed by atoms with Crippen molar-refractivity contribution in [3.63, 3.8) is 0 Å². The highest BCUT2D eigenvalue weighted by Gasteiger charge is 2.12. The highest BCUT2D eigenvalue weighted by Crippen LogP contribution is 2.24. The van der Waals surface area contributed by atoms with E-state index in [-0.39, 0.29) is 12.5 Å². The Hall–Kier alpha value is -1.82. The molecule has 6 heteroatoms. The molecule has 0 radical (unpaired) electrons. The number of ether oxygens (including phenoxy) is 1. The summed E-state index contributed by atoms with van der Waals surface area (Å²) < 4.78 is 11.5. The minimum Gasteiger partial charge on any atom is -0.485 e. The smallest absolute Gasteiger partial charge is 0.433 e. The first-order chi connectivity index (χ1) is 8.56. The monoisotopic (exact) mass is 311 g/mol. The standard InChI is InChI=1S/C12H10BrNO4/c1-8-6-9(13)2-4-11(8)17-7-10-3-5-12(18-10)14(15)16/h2-6H,7H2,1H3.